The summed E-state index contributed by atoms with van der Waals surface area (Å²) in [5.74, 6) is -0.406. The smallest absolute Gasteiger partial charge is 0.264 e. The molecule has 0 saturated carbocycles. The van der Waals surface area contributed by atoms with Gasteiger partial charge in [0.05, 0.1) is 24.8 Å². The molecule has 0 saturated heterocycles. The van der Waals surface area contributed by atoms with Gasteiger partial charge >= 0.3 is 0 Å². The van der Waals surface area contributed by atoms with Gasteiger partial charge in [0.1, 0.15) is 24.1 Å². The number of sulfonamides is 1. The number of nitrogens with one attached hydrogen (secondary N) is 1. The number of ether oxygens (including phenoxy) is 2. The van der Waals surface area contributed by atoms with Gasteiger partial charge in [-0.1, -0.05) is 47.5 Å². The summed E-state index contributed by atoms with van der Waals surface area (Å²) in [6.45, 7) is 6.43. The maximum absolute atomic E-state index is 14.1. The third-order valence-electron chi connectivity index (χ3n) is 6.44. The number of halogens is 1. The molecule has 2 amide bonds. The molecule has 9 nitrogen and oxygen atoms in total. The molecule has 1 atom stereocenters. The number of rotatable bonds is 12. The zero-order valence-corrected chi connectivity index (χ0v) is 25.6. The summed E-state index contributed by atoms with van der Waals surface area (Å²) in [7, 11) is -1.42. The van der Waals surface area contributed by atoms with Crippen LogP contribution in [0.1, 0.15) is 31.9 Å². The molecule has 0 spiro atoms. The topological polar surface area (TPSA) is 105 Å². The minimum atomic E-state index is -4.28. The minimum Gasteiger partial charge on any atom is -0.497 e. The first-order valence-electron chi connectivity index (χ1n) is 13.0. The molecule has 1 N–H and O–H groups in total. The Kier molecular flexibility index (Phi) is 10.6. The molecule has 3 aromatic rings. The van der Waals surface area contributed by atoms with E-state index < -0.39 is 28.5 Å². The predicted octanol–water partition coefficient (Wildman–Crippen LogP) is 4.80. The van der Waals surface area contributed by atoms with Crippen molar-refractivity contribution in [1.29, 1.82) is 0 Å². The summed E-state index contributed by atoms with van der Waals surface area (Å²) in [5.41, 5.74) is 1.60. The lowest BCUT2D eigenvalue weighted by Crippen LogP contribution is -2.52. The van der Waals surface area contributed by atoms with E-state index in [0.717, 1.165) is 9.87 Å². The Bertz CT molecular complexity index is 1480. The van der Waals surface area contributed by atoms with Gasteiger partial charge in [-0.05, 0) is 63.6 Å². The first kappa shape index (κ1) is 31.8. The summed E-state index contributed by atoms with van der Waals surface area (Å²) >= 11 is 6.41. The number of aryl methyl sites for hydroxylation is 1. The normalized spacial score (nSPS) is 12.0. The van der Waals surface area contributed by atoms with E-state index in [1.165, 1.54) is 37.3 Å². The van der Waals surface area contributed by atoms with Gasteiger partial charge in [0.2, 0.25) is 11.8 Å². The first-order chi connectivity index (χ1) is 19.4. The van der Waals surface area contributed by atoms with E-state index in [0.29, 0.717) is 16.3 Å². The largest absolute Gasteiger partial charge is 0.497 e. The van der Waals surface area contributed by atoms with Crippen LogP contribution >= 0.6 is 11.6 Å². The zero-order valence-electron chi connectivity index (χ0n) is 24.0. The molecule has 0 aliphatic heterocycles. The van der Waals surface area contributed by atoms with E-state index in [2.05, 4.69) is 5.32 Å². The molecule has 0 aliphatic rings. The highest BCUT2D eigenvalue weighted by Crippen LogP contribution is 2.36. The molecule has 0 unspecified atom stereocenters. The molecule has 0 bridgehead atoms. The van der Waals surface area contributed by atoms with E-state index in [1.807, 2.05) is 20.8 Å². The Morgan fingerprint density at radius 3 is 2.20 bits per heavy atom. The molecule has 0 radical (unpaired) electrons. The fourth-order valence-electron chi connectivity index (χ4n) is 4.14. The molecule has 0 aromatic heterocycles. The fraction of sp³-hybridized carbons (Fsp3) is 0.333. The Morgan fingerprint density at radius 1 is 0.951 bits per heavy atom. The van der Waals surface area contributed by atoms with Crippen LogP contribution in [0.4, 0.5) is 5.69 Å². The number of nitrogens with zero attached hydrogens (tertiary/aromatic N) is 2. The minimum absolute atomic E-state index is 0.0102. The highest BCUT2D eigenvalue weighted by atomic mass is 35.5. The van der Waals surface area contributed by atoms with Crippen molar-refractivity contribution in [2.45, 2.75) is 51.2 Å². The number of anilines is 1. The van der Waals surface area contributed by atoms with Gasteiger partial charge in [-0.25, -0.2) is 8.42 Å². The van der Waals surface area contributed by atoms with Crippen molar-refractivity contribution in [3.05, 3.63) is 82.9 Å². The average molecular weight is 602 g/mol. The molecular weight excluding hydrogens is 566 g/mol. The fourth-order valence-corrected chi connectivity index (χ4v) is 5.75. The van der Waals surface area contributed by atoms with Crippen molar-refractivity contribution in [1.82, 2.24) is 10.2 Å². The maximum Gasteiger partial charge on any atom is 0.264 e. The van der Waals surface area contributed by atoms with Crippen molar-refractivity contribution in [2.75, 3.05) is 25.1 Å². The molecule has 3 rings (SSSR count). The van der Waals surface area contributed by atoms with Gasteiger partial charge in [-0.15, -0.1) is 0 Å². The lowest BCUT2D eigenvalue weighted by Gasteiger charge is -2.33. The Morgan fingerprint density at radius 2 is 1.61 bits per heavy atom. The van der Waals surface area contributed by atoms with Gasteiger partial charge in [0, 0.05) is 23.7 Å². The Labute approximate surface area is 247 Å². The molecular formula is C30H36ClN3O6S. The molecule has 0 heterocycles. The number of carbonyl (C=O) groups excluding carboxylic acids is 2. The van der Waals surface area contributed by atoms with Gasteiger partial charge in [0.25, 0.3) is 10.0 Å². The summed E-state index contributed by atoms with van der Waals surface area (Å²) < 4.78 is 40.0. The van der Waals surface area contributed by atoms with Gasteiger partial charge in [-0.2, -0.15) is 0 Å². The number of hydrogen-bond acceptors (Lipinski definition) is 6. The monoisotopic (exact) mass is 601 g/mol. The number of hydrogen-bond donors (Lipinski definition) is 1. The molecule has 0 fully saturated rings. The lowest BCUT2D eigenvalue weighted by atomic mass is 10.1. The third-order valence-corrected chi connectivity index (χ3v) is 8.58. The van der Waals surface area contributed by atoms with Crippen LogP contribution in [-0.4, -0.2) is 58.0 Å². The second-order valence-corrected chi connectivity index (χ2v) is 12.1. The summed E-state index contributed by atoms with van der Waals surface area (Å²) in [4.78, 5) is 28.5. The van der Waals surface area contributed by atoms with Crippen LogP contribution in [0.5, 0.6) is 11.5 Å². The summed E-state index contributed by atoms with van der Waals surface area (Å²) in [5, 5.41) is 3.24. The summed E-state index contributed by atoms with van der Waals surface area (Å²) in [6.07, 6.45) is 0. The SMILES string of the molecule is COc1ccc(OC)c(N(CC(=O)N(Cc2ccccc2Cl)[C@H](C)C(=O)NC(C)C)S(=O)(=O)c2ccc(C)cc2)c1. The quantitative estimate of drug-likeness (QED) is 0.320. The molecule has 11 heteroatoms. The van der Waals surface area contributed by atoms with Gasteiger partial charge in [-0.3, -0.25) is 13.9 Å². The van der Waals surface area contributed by atoms with Gasteiger partial charge < -0.3 is 19.7 Å². The first-order valence-corrected chi connectivity index (χ1v) is 14.9. The number of benzene rings is 3. The van der Waals surface area contributed by atoms with Crippen LogP contribution in [0.2, 0.25) is 5.02 Å². The van der Waals surface area contributed by atoms with Crippen LogP contribution in [-0.2, 0) is 26.2 Å². The van der Waals surface area contributed by atoms with Crippen LogP contribution in [0, 0.1) is 6.92 Å². The van der Waals surface area contributed by atoms with Crippen LogP contribution < -0.4 is 19.1 Å². The lowest BCUT2D eigenvalue weighted by molar-refractivity contribution is -0.139. The second-order valence-electron chi connectivity index (χ2n) is 9.81. The number of amides is 2. The van der Waals surface area contributed by atoms with E-state index in [4.69, 9.17) is 21.1 Å². The number of carbonyl (C=O) groups is 2. The second kappa shape index (κ2) is 13.7. The average Bonchev–Trinajstić information content (AvgIpc) is 2.94. The van der Waals surface area contributed by atoms with Crippen molar-refractivity contribution in [3.63, 3.8) is 0 Å². The predicted molar refractivity (Wildman–Crippen MR) is 160 cm³/mol. The van der Waals surface area contributed by atoms with Gasteiger partial charge in [0.15, 0.2) is 0 Å². The maximum atomic E-state index is 14.1. The van der Waals surface area contributed by atoms with Crippen molar-refractivity contribution in [3.8, 4) is 11.5 Å². The van der Waals surface area contributed by atoms with Crippen molar-refractivity contribution < 1.29 is 27.5 Å². The van der Waals surface area contributed by atoms with E-state index >= 15 is 0 Å². The van der Waals surface area contributed by atoms with E-state index in [1.54, 1.807) is 55.5 Å². The molecule has 41 heavy (non-hydrogen) atoms. The number of methoxy groups -OCH3 is 2. The Balaban J connectivity index is 2.14. The molecule has 3 aromatic carbocycles. The van der Waals surface area contributed by atoms with E-state index in [9.17, 15) is 18.0 Å². The van der Waals surface area contributed by atoms with Crippen LogP contribution in [0.25, 0.3) is 0 Å². The molecule has 220 valence electrons. The highest BCUT2D eigenvalue weighted by Gasteiger charge is 2.34. The zero-order chi connectivity index (χ0) is 30.3. The third kappa shape index (κ3) is 7.71. The standard InChI is InChI=1S/C30H36ClN3O6S/c1-20(2)32-30(36)22(4)33(18-23-9-7-8-10-26(23)31)29(35)19-34(27-17-24(39-5)13-16-28(27)40-6)41(37,38)25-14-11-21(3)12-15-25/h7-17,20,22H,18-19H2,1-6H3,(H,32,36)/t22-/m1/s1. The summed E-state index contributed by atoms with van der Waals surface area (Å²) in [6, 6.07) is 16.9. The Hall–Kier alpha value is -3.76. The van der Waals surface area contributed by atoms with E-state index in [-0.39, 0.29) is 34.8 Å². The van der Waals surface area contributed by atoms with Crippen molar-refractivity contribution >= 4 is 39.1 Å². The van der Waals surface area contributed by atoms with Crippen LogP contribution in [0.3, 0.4) is 0 Å². The molecule has 0 aliphatic carbocycles. The van der Waals surface area contributed by atoms with Crippen LogP contribution in [0.15, 0.2) is 71.6 Å². The highest BCUT2D eigenvalue weighted by molar-refractivity contribution is 7.92. The van der Waals surface area contributed by atoms with Crippen molar-refractivity contribution in [2.24, 2.45) is 0 Å².